The van der Waals surface area contributed by atoms with Gasteiger partial charge >= 0.3 is 6.18 Å². The molecule has 0 aliphatic heterocycles. The molecule has 0 radical (unpaired) electrons. The monoisotopic (exact) mass is 381 g/mol. The third-order valence-corrected chi connectivity index (χ3v) is 3.34. The summed E-state index contributed by atoms with van der Waals surface area (Å²) in [7, 11) is 0. The first-order chi connectivity index (χ1) is 12.6. The van der Waals surface area contributed by atoms with Crippen LogP contribution in [-0.4, -0.2) is 24.3 Å². The first kappa shape index (κ1) is 19.8. The molecule has 0 spiro atoms. The highest BCUT2D eigenvalue weighted by molar-refractivity contribution is 6.01. The van der Waals surface area contributed by atoms with Gasteiger partial charge in [-0.2, -0.15) is 13.2 Å². The van der Waals surface area contributed by atoms with E-state index in [0.717, 1.165) is 18.2 Å². The Bertz CT molecular complexity index is 865. The second-order valence-corrected chi connectivity index (χ2v) is 5.36. The normalized spacial score (nSPS) is 10.9. The minimum absolute atomic E-state index is 0.0119. The van der Waals surface area contributed by atoms with Crippen molar-refractivity contribution < 1.29 is 32.3 Å². The van der Waals surface area contributed by atoms with E-state index in [1.807, 2.05) is 0 Å². The summed E-state index contributed by atoms with van der Waals surface area (Å²) in [6.45, 7) is -0.736. The lowest BCUT2D eigenvalue weighted by Crippen LogP contribution is -2.22. The number of carbonyl (C=O) groups is 3. The first-order valence-electron chi connectivity index (χ1n) is 7.41. The lowest BCUT2D eigenvalue weighted by atomic mass is 10.1. The van der Waals surface area contributed by atoms with Crippen molar-refractivity contribution in [3.63, 3.8) is 0 Å². The van der Waals surface area contributed by atoms with Crippen LogP contribution in [0.2, 0.25) is 0 Å². The summed E-state index contributed by atoms with van der Waals surface area (Å²) in [5.74, 6) is -3.04. The van der Waals surface area contributed by atoms with E-state index in [1.165, 1.54) is 24.3 Å². The van der Waals surface area contributed by atoms with Gasteiger partial charge in [0.15, 0.2) is 6.61 Å². The fraction of sp³-hybridized carbons (Fsp3) is 0.118. The average Bonchev–Trinajstić information content (AvgIpc) is 2.59. The second kappa shape index (κ2) is 7.77. The summed E-state index contributed by atoms with van der Waals surface area (Å²) in [5.41, 5.74) is 9.11. The van der Waals surface area contributed by atoms with Crippen LogP contribution < -0.4 is 21.5 Å². The van der Waals surface area contributed by atoms with Crippen molar-refractivity contribution in [1.82, 2.24) is 0 Å². The number of hydrogen-bond acceptors (Lipinski definition) is 4. The van der Waals surface area contributed by atoms with E-state index in [1.54, 1.807) is 0 Å². The second-order valence-electron chi connectivity index (χ2n) is 5.36. The fourth-order valence-corrected chi connectivity index (χ4v) is 2.15. The molecule has 2 aromatic rings. The summed E-state index contributed by atoms with van der Waals surface area (Å²) in [5, 5.41) is 2.30. The number of carbonyl (C=O) groups excluding carboxylic acids is 3. The highest BCUT2D eigenvalue weighted by atomic mass is 19.4. The Morgan fingerprint density at radius 1 is 0.963 bits per heavy atom. The van der Waals surface area contributed by atoms with E-state index in [4.69, 9.17) is 16.2 Å². The van der Waals surface area contributed by atoms with Crippen LogP contribution in [0.5, 0.6) is 5.75 Å². The molecule has 0 saturated carbocycles. The van der Waals surface area contributed by atoms with Gasteiger partial charge in [0, 0.05) is 16.8 Å². The average molecular weight is 381 g/mol. The molecule has 2 rings (SSSR count). The molecule has 0 aliphatic carbocycles. The molecule has 142 valence electrons. The van der Waals surface area contributed by atoms with Gasteiger partial charge in [0.05, 0.1) is 5.56 Å². The third-order valence-electron chi connectivity index (χ3n) is 3.34. The highest BCUT2D eigenvalue weighted by Crippen LogP contribution is 2.35. The molecule has 0 aromatic heterocycles. The Balaban J connectivity index is 2.13. The maximum absolute atomic E-state index is 12.9. The molecule has 2 aromatic carbocycles. The van der Waals surface area contributed by atoms with Gasteiger partial charge in [0.1, 0.15) is 5.75 Å². The zero-order valence-electron chi connectivity index (χ0n) is 13.7. The van der Waals surface area contributed by atoms with E-state index >= 15 is 0 Å². The fourth-order valence-electron chi connectivity index (χ4n) is 2.15. The zero-order chi connectivity index (χ0) is 20.2. The van der Waals surface area contributed by atoms with Crippen LogP contribution in [0.15, 0.2) is 42.5 Å². The number of para-hydroxylation sites is 1. The number of primary amides is 2. The van der Waals surface area contributed by atoms with E-state index in [0.29, 0.717) is 0 Å². The number of ether oxygens (including phenoxy) is 1. The lowest BCUT2D eigenvalue weighted by Gasteiger charge is -2.14. The Kier molecular flexibility index (Phi) is 5.69. The van der Waals surface area contributed by atoms with E-state index in [-0.39, 0.29) is 16.8 Å². The maximum Gasteiger partial charge on any atom is 0.419 e. The summed E-state index contributed by atoms with van der Waals surface area (Å²) in [4.78, 5) is 34.5. The first-order valence-corrected chi connectivity index (χ1v) is 7.41. The van der Waals surface area contributed by atoms with Crippen molar-refractivity contribution in [2.24, 2.45) is 11.5 Å². The van der Waals surface area contributed by atoms with Crippen LogP contribution in [-0.2, 0) is 11.0 Å². The topological polar surface area (TPSA) is 125 Å². The number of nitrogens with one attached hydrogen (secondary N) is 1. The van der Waals surface area contributed by atoms with Gasteiger partial charge in [0.25, 0.3) is 5.91 Å². The van der Waals surface area contributed by atoms with Gasteiger partial charge in [-0.05, 0) is 30.3 Å². The molecule has 0 heterocycles. The molecule has 0 fully saturated rings. The molecular formula is C17H14F3N3O4. The smallest absolute Gasteiger partial charge is 0.419 e. The van der Waals surface area contributed by atoms with Gasteiger partial charge in [-0.15, -0.1) is 0 Å². The van der Waals surface area contributed by atoms with Crippen molar-refractivity contribution >= 4 is 23.4 Å². The number of hydrogen-bond donors (Lipinski definition) is 3. The summed E-state index contributed by atoms with van der Waals surface area (Å²) in [6.07, 6.45) is -4.64. The number of rotatable bonds is 6. The number of anilines is 1. The number of alkyl halides is 3. The molecule has 10 heteroatoms. The number of halogens is 3. The Hall–Kier alpha value is -3.56. The number of amides is 3. The van der Waals surface area contributed by atoms with Crippen LogP contribution in [0.3, 0.4) is 0 Å². The largest absolute Gasteiger partial charge is 0.483 e. The molecule has 5 N–H and O–H groups in total. The van der Waals surface area contributed by atoms with Crippen molar-refractivity contribution in [3.05, 3.63) is 59.2 Å². The SMILES string of the molecule is NC(=O)c1cc(NC(=O)COc2ccccc2C(F)(F)F)cc(C(N)=O)c1. The Morgan fingerprint density at radius 2 is 1.52 bits per heavy atom. The quantitative estimate of drug-likeness (QED) is 0.707. The molecular weight excluding hydrogens is 367 g/mol. The molecule has 0 aliphatic rings. The molecule has 7 nitrogen and oxygen atoms in total. The van der Waals surface area contributed by atoms with Crippen molar-refractivity contribution in [2.75, 3.05) is 11.9 Å². The van der Waals surface area contributed by atoms with E-state index < -0.39 is 41.8 Å². The van der Waals surface area contributed by atoms with E-state index in [9.17, 15) is 27.6 Å². The van der Waals surface area contributed by atoms with Gasteiger partial charge in [0.2, 0.25) is 11.8 Å². The predicted molar refractivity (Wildman–Crippen MR) is 89.0 cm³/mol. The Morgan fingerprint density at radius 3 is 2.04 bits per heavy atom. The predicted octanol–water partition coefficient (Wildman–Crippen LogP) is 1.92. The lowest BCUT2D eigenvalue weighted by molar-refractivity contribution is -0.139. The maximum atomic E-state index is 12.9. The minimum atomic E-state index is -4.64. The molecule has 0 unspecified atom stereocenters. The molecule has 0 bridgehead atoms. The minimum Gasteiger partial charge on any atom is -0.483 e. The summed E-state index contributed by atoms with van der Waals surface area (Å²) >= 11 is 0. The Labute approximate surface area is 151 Å². The van der Waals surface area contributed by atoms with Gasteiger partial charge in [-0.25, -0.2) is 0 Å². The number of benzene rings is 2. The van der Waals surface area contributed by atoms with Crippen molar-refractivity contribution in [1.29, 1.82) is 0 Å². The van der Waals surface area contributed by atoms with Crippen molar-refractivity contribution in [2.45, 2.75) is 6.18 Å². The molecule has 27 heavy (non-hydrogen) atoms. The van der Waals surface area contributed by atoms with Crippen LogP contribution in [0, 0.1) is 0 Å². The molecule has 3 amide bonds. The van der Waals surface area contributed by atoms with Crippen LogP contribution in [0.25, 0.3) is 0 Å². The molecule has 0 saturated heterocycles. The van der Waals surface area contributed by atoms with Gasteiger partial charge < -0.3 is 21.5 Å². The van der Waals surface area contributed by atoms with E-state index in [2.05, 4.69) is 5.32 Å². The highest BCUT2D eigenvalue weighted by Gasteiger charge is 2.34. The van der Waals surface area contributed by atoms with Crippen LogP contribution in [0.4, 0.5) is 18.9 Å². The number of nitrogens with two attached hydrogens (primary N) is 2. The standard InChI is InChI=1S/C17H14F3N3O4/c18-17(19,20)12-3-1-2-4-13(12)27-8-14(24)23-11-6-9(15(21)25)5-10(7-11)16(22)26/h1-7H,8H2,(H2,21,25)(H2,22,26)(H,23,24). The van der Waals surface area contributed by atoms with Crippen LogP contribution in [0.1, 0.15) is 26.3 Å². The van der Waals surface area contributed by atoms with Crippen LogP contribution >= 0.6 is 0 Å². The summed E-state index contributed by atoms with van der Waals surface area (Å²) < 4.78 is 43.6. The van der Waals surface area contributed by atoms with Gasteiger partial charge in [-0.3, -0.25) is 14.4 Å². The van der Waals surface area contributed by atoms with Crippen molar-refractivity contribution in [3.8, 4) is 5.75 Å². The zero-order valence-corrected chi connectivity index (χ0v) is 13.7. The summed E-state index contributed by atoms with van der Waals surface area (Å²) in [6, 6.07) is 7.95. The third kappa shape index (κ3) is 5.21. The van der Waals surface area contributed by atoms with Gasteiger partial charge in [-0.1, -0.05) is 12.1 Å². The molecule has 0 atom stereocenters.